The Kier molecular flexibility index (Phi) is 3.26. The highest BCUT2D eigenvalue weighted by molar-refractivity contribution is 6.71. The quantitative estimate of drug-likeness (QED) is 0.528. The van der Waals surface area contributed by atoms with Crippen LogP contribution in [-0.2, 0) is 4.43 Å². The molecular weight excluding hydrogens is 219 g/mol. The molecule has 86 valence electrons. The van der Waals surface area contributed by atoms with Gasteiger partial charge in [-0.2, -0.15) is 0 Å². The Morgan fingerprint density at radius 2 is 2.12 bits per heavy atom. The van der Waals surface area contributed by atoms with Gasteiger partial charge < -0.3 is 4.43 Å². The Bertz CT molecular complexity index is 401. The molecule has 0 saturated heterocycles. The summed E-state index contributed by atoms with van der Waals surface area (Å²) in [5.41, 5.74) is 0.951. The maximum atomic E-state index is 13.2. The fraction of sp³-hybridized carbons (Fsp3) is 0.385. The summed E-state index contributed by atoms with van der Waals surface area (Å²) in [5.74, 6) is -0.186. The van der Waals surface area contributed by atoms with Gasteiger partial charge in [0.05, 0.1) is 6.10 Å². The summed E-state index contributed by atoms with van der Waals surface area (Å²) < 4.78 is 19.3. The Balaban J connectivity index is 2.23. The van der Waals surface area contributed by atoms with Crippen molar-refractivity contribution in [2.45, 2.75) is 31.7 Å². The van der Waals surface area contributed by atoms with E-state index in [1.54, 1.807) is 12.1 Å². The number of rotatable bonds is 1. The van der Waals surface area contributed by atoms with Crippen molar-refractivity contribution in [3.05, 3.63) is 47.8 Å². The minimum absolute atomic E-state index is 0.0242. The van der Waals surface area contributed by atoms with E-state index in [2.05, 4.69) is 25.2 Å². The zero-order valence-electron chi connectivity index (χ0n) is 9.74. The Hall–Kier alpha value is -0.933. The maximum Gasteiger partial charge on any atom is 0.191 e. The summed E-state index contributed by atoms with van der Waals surface area (Å²) in [7, 11) is -1.61. The second-order valence-corrected chi connectivity index (χ2v) is 9.00. The number of hydrogen-bond donors (Lipinski definition) is 0. The van der Waals surface area contributed by atoms with Crippen LogP contribution >= 0.6 is 0 Å². The van der Waals surface area contributed by atoms with Crippen LogP contribution in [0.3, 0.4) is 0 Å². The minimum Gasteiger partial charge on any atom is -0.410 e. The molecule has 0 saturated carbocycles. The Morgan fingerprint density at radius 1 is 1.31 bits per heavy atom. The lowest BCUT2D eigenvalue weighted by Crippen LogP contribution is -2.30. The maximum absolute atomic E-state index is 13.2. The van der Waals surface area contributed by atoms with Crippen molar-refractivity contribution in [1.82, 2.24) is 0 Å². The summed E-state index contributed by atoms with van der Waals surface area (Å²) >= 11 is 0. The average Bonchev–Trinajstić information content (AvgIpc) is 2.39. The van der Waals surface area contributed by atoms with Crippen LogP contribution in [0.1, 0.15) is 18.1 Å². The van der Waals surface area contributed by atoms with Crippen LogP contribution in [0, 0.1) is 5.82 Å². The highest BCUT2D eigenvalue weighted by atomic mass is 28.4. The van der Waals surface area contributed by atoms with Crippen LogP contribution in [0.2, 0.25) is 19.1 Å². The fourth-order valence-electron chi connectivity index (χ4n) is 1.98. The van der Waals surface area contributed by atoms with Gasteiger partial charge in [-0.05, 0) is 43.3 Å². The lowest BCUT2D eigenvalue weighted by molar-refractivity contribution is 0.202. The van der Waals surface area contributed by atoms with Crippen molar-refractivity contribution >= 4 is 8.32 Å². The first-order valence-electron chi connectivity index (χ1n) is 5.65. The van der Waals surface area contributed by atoms with E-state index in [0.29, 0.717) is 0 Å². The standard InChI is InChI=1S/C13H17FOSi/c1-16(2)9-4-3-8-13(15-16)11-6-5-7-12(14)10-11/h3-7,10,13H,8-9H2,1-2H3. The molecule has 0 radical (unpaired) electrons. The monoisotopic (exact) mass is 236 g/mol. The SMILES string of the molecule is C[Si]1(C)CC=CCC(c2cccc(F)c2)O1. The Morgan fingerprint density at radius 3 is 2.88 bits per heavy atom. The molecule has 0 N–H and O–H groups in total. The van der Waals surface area contributed by atoms with Crippen molar-refractivity contribution in [3.63, 3.8) is 0 Å². The summed E-state index contributed by atoms with van der Waals surface area (Å²) in [4.78, 5) is 0. The molecule has 1 aromatic carbocycles. The third kappa shape index (κ3) is 2.80. The molecule has 0 aliphatic carbocycles. The minimum atomic E-state index is -1.61. The van der Waals surface area contributed by atoms with Crippen molar-refractivity contribution in [2.75, 3.05) is 0 Å². The first-order chi connectivity index (χ1) is 7.57. The predicted octanol–water partition coefficient (Wildman–Crippen LogP) is 4.05. The first kappa shape index (κ1) is 11.5. The number of halogens is 1. The Labute approximate surface area is 97.1 Å². The molecule has 1 aliphatic heterocycles. The fourth-order valence-corrected chi connectivity index (χ4v) is 3.81. The largest absolute Gasteiger partial charge is 0.410 e. The van der Waals surface area contributed by atoms with Crippen LogP contribution in [-0.4, -0.2) is 8.32 Å². The van der Waals surface area contributed by atoms with Crippen LogP contribution in [0.25, 0.3) is 0 Å². The topological polar surface area (TPSA) is 9.23 Å². The molecule has 1 atom stereocenters. The molecule has 1 nitrogen and oxygen atoms in total. The number of hydrogen-bond acceptors (Lipinski definition) is 1. The summed E-state index contributed by atoms with van der Waals surface area (Å²) in [6.45, 7) is 4.41. The van der Waals surface area contributed by atoms with E-state index in [4.69, 9.17) is 4.43 Å². The van der Waals surface area contributed by atoms with Gasteiger partial charge in [0.2, 0.25) is 0 Å². The van der Waals surface area contributed by atoms with Crippen molar-refractivity contribution < 1.29 is 8.82 Å². The van der Waals surface area contributed by atoms with E-state index in [0.717, 1.165) is 18.0 Å². The van der Waals surface area contributed by atoms with Gasteiger partial charge in [-0.3, -0.25) is 0 Å². The molecule has 1 aliphatic rings. The van der Waals surface area contributed by atoms with Gasteiger partial charge in [-0.25, -0.2) is 4.39 Å². The summed E-state index contributed by atoms with van der Waals surface area (Å²) in [6.07, 6.45) is 5.22. The van der Waals surface area contributed by atoms with Crippen molar-refractivity contribution in [2.24, 2.45) is 0 Å². The molecule has 0 spiro atoms. The third-order valence-corrected chi connectivity index (χ3v) is 4.95. The van der Waals surface area contributed by atoms with Crippen LogP contribution in [0.4, 0.5) is 4.39 Å². The van der Waals surface area contributed by atoms with Crippen molar-refractivity contribution in [1.29, 1.82) is 0 Å². The second-order valence-electron chi connectivity index (χ2n) is 4.83. The van der Waals surface area contributed by atoms with E-state index in [9.17, 15) is 4.39 Å². The van der Waals surface area contributed by atoms with Crippen molar-refractivity contribution in [3.8, 4) is 0 Å². The molecule has 0 amide bonds. The highest BCUT2D eigenvalue weighted by Gasteiger charge is 2.27. The van der Waals surface area contributed by atoms with E-state index >= 15 is 0 Å². The van der Waals surface area contributed by atoms with Gasteiger partial charge in [0.15, 0.2) is 8.32 Å². The van der Waals surface area contributed by atoms with Crippen LogP contribution in [0.15, 0.2) is 36.4 Å². The first-order valence-corrected chi connectivity index (χ1v) is 8.77. The molecule has 0 bridgehead atoms. The normalized spacial score (nSPS) is 24.1. The van der Waals surface area contributed by atoms with Gasteiger partial charge in [0.25, 0.3) is 0 Å². The van der Waals surface area contributed by atoms with E-state index < -0.39 is 8.32 Å². The molecule has 2 rings (SSSR count). The highest BCUT2D eigenvalue weighted by Crippen LogP contribution is 2.30. The summed E-state index contributed by atoms with van der Waals surface area (Å²) in [5, 5.41) is 0. The third-order valence-electron chi connectivity index (χ3n) is 2.81. The average molecular weight is 236 g/mol. The zero-order chi connectivity index (χ0) is 11.6. The lowest BCUT2D eigenvalue weighted by atomic mass is 10.1. The lowest BCUT2D eigenvalue weighted by Gasteiger charge is -2.26. The van der Waals surface area contributed by atoms with Gasteiger partial charge in [0.1, 0.15) is 5.82 Å². The second kappa shape index (κ2) is 4.51. The molecular formula is C13H17FOSi. The zero-order valence-corrected chi connectivity index (χ0v) is 10.7. The van der Waals surface area contributed by atoms with E-state index in [-0.39, 0.29) is 11.9 Å². The molecule has 1 unspecified atom stereocenters. The molecule has 0 aromatic heterocycles. The predicted molar refractivity (Wildman–Crippen MR) is 66.3 cm³/mol. The number of benzene rings is 1. The van der Waals surface area contributed by atoms with Gasteiger partial charge >= 0.3 is 0 Å². The smallest absolute Gasteiger partial charge is 0.191 e. The summed E-state index contributed by atoms with van der Waals surface area (Å²) in [6, 6.07) is 7.78. The molecule has 16 heavy (non-hydrogen) atoms. The van der Waals surface area contributed by atoms with Crippen LogP contribution < -0.4 is 0 Å². The van der Waals surface area contributed by atoms with Gasteiger partial charge in [-0.1, -0.05) is 24.3 Å². The van der Waals surface area contributed by atoms with Crippen LogP contribution in [0.5, 0.6) is 0 Å². The van der Waals surface area contributed by atoms with E-state index in [1.807, 2.05) is 6.07 Å². The van der Waals surface area contributed by atoms with Gasteiger partial charge in [-0.15, -0.1) is 0 Å². The molecule has 1 heterocycles. The van der Waals surface area contributed by atoms with Gasteiger partial charge in [0, 0.05) is 0 Å². The van der Waals surface area contributed by atoms with E-state index in [1.165, 1.54) is 6.07 Å². The molecule has 0 fully saturated rings. The molecule has 3 heteroatoms. The molecule has 1 aromatic rings. The number of allylic oxidation sites excluding steroid dienone is 1.